The Morgan fingerprint density at radius 1 is 1.14 bits per heavy atom. The van der Waals surface area contributed by atoms with Gasteiger partial charge in [-0.3, -0.25) is 4.57 Å². The quantitative estimate of drug-likeness (QED) is 0.507. The number of fused-ring (bicyclic) bond motifs is 2. The SMILES string of the molecule is N#Cc1ccc2nc(-n3cnc4ccc(CN[SH](=O)=O)cc43)n(C3CC3)c2c1. The molecule has 1 fully saturated rings. The van der Waals surface area contributed by atoms with Crippen LogP contribution in [-0.4, -0.2) is 27.5 Å². The Kier molecular flexibility index (Phi) is 3.89. The predicted molar refractivity (Wildman–Crippen MR) is 105 cm³/mol. The summed E-state index contributed by atoms with van der Waals surface area (Å²) in [5.41, 5.74) is 4.90. The molecule has 0 unspecified atom stereocenters. The van der Waals surface area contributed by atoms with Gasteiger partial charge in [-0.15, -0.1) is 0 Å². The molecule has 1 aliphatic rings. The first-order valence-electron chi connectivity index (χ1n) is 8.90. The average molecular weight is 392 g/mol. The molecular weight excluding hydrogens is 376 g/mol. The molecule has 0 amide bonds. The Bertz CT molecular complexity index is 1330. The summed E-state index contributed by atoms with van der Waals surface area (Å²) >= 11 is 0. The maximum Gasteiger partial charge on any atom is 0.216 e. The minimum atomic E-state index is -2.65. The van der Waals surface area contributed by atoms with E-state index in [-0.39, 0.29) is 6.54 Å². The number of aromatic nitrogens is 4. The van der Waals surface area contributed by atoms with E-state index in [0.717, 1.165) is 46.4 Å². The lowest BCUT2D eigenvalue weighted by molar-refractivity contribution is 0.601. The standard InChI is InChI=1S/C19H16N6O2S/c20-9-12-1-6-16-18(7-12)25(14-3-4-14)19(23-16)24-11-21-15-5-2-13(8-17(15)24)10-22-28(26)27/h1-2,5-8,11,14,28H,3-4,10H2,(H,22,26,27). The molecule has 9 heteroatoms. The molecule has 1 saturated carbocycles. The molecule has 0 atom stereocenters. The van der Waals surface area contributed by atoms with Crippen molar-refractivity contribution >= 4 is 33.0 Å². The van der Waals surface area contributed by atoms with Crippen LogP contribution in [-0.2, 0) is 17.4 Å². The molecule has 0 spiro atoms. The Hall–Kier alpha value is -3.22. The van der Waals surface area contributed by atoms with Crippen LogP contribution in [0.15, 0.2) is 42.7 Å². The zero-order chi connectivity index (χ0) is 19.3. The van der Waals surface area contributed by atoms with Crippen molar-refractivity contribution in [1.29, 1.82) is 5.26 Å². The number of imidazole rings is 2. The summed E-state index contributed by atoms with van der Waals surface area (Å²) in [6.07, 6.45) is 3.89. The molecule has 140 valence electrons. The van der Waals surface area contributed by atoms with Gasteiger partial charge in [-0.1, -0.05) is 6.07 Å². The average Bonchev–Trinajstić information content (AvgIpc) is 3.34. The number of nitrogens with one attached hydrogen (secondary N) is 1. The van der Waals surface area contributed by atoms with Crippen molar-refractivity contribution < 1.29 is 8.42 Å². The third-order valence-corrected chi connectivity index (χ3v) is 5.37. The highest BCUT2D eigenvalue weighted by atomic mass is 32.2. The normalized spacial score (nSPS) is 14.1. The first kappa shape index (κ1) is 16.9. The molecule has 0 bridgehead atoms. The summed E-state index contributed by atoms with van der Waals surface area (Å²) in [7, 11) is -2.65. The molecule has 8 nitrogen and oxygen atoms in total. The lowest BCUT2D eigenvalue weighted by Gasteiger charge is -2.09. The summed E-state index contributed by atoms with van der Waals surface area (Å²) in [4.78, 5) is 9.28. The molecule has 2 aromatic carbocycles. The van der Waals surface area contributed by atoms with Crippen LogP contribution in [0.25, 0.3) is 28.0 Å². The third-order valence-electron chi connectivity index (χ3n) is 4.95. The van der Waals surface area contributed by atoms with Gasteiger partial charge in [-0.25, -0.2) is 23.1 Å². The zero-order valence-corrected chi connectivity index (χ0v) is 15.6. The molecule has 2 heterocycles. The number of nitrogens with zero attached hydrogens (tertiary/aromatic N) is 5. The van der Waals surface area contributed by atoms with Gasteiger partial charge < -0.3 is 4.57 Å². The fraction of sp³-hybridized carbons (Fsp3) is 0.211. The van der Waals surface area contributed by atoms with Crippen LogP contribution in [0.3, 0.4) is 0 Å². The van der Waals surface area contributed by atoms with E-state index in [1.165, 1.54) is 0 Å². The summed E-state index contributed by atoms with van der Waals surface area (Å²) in [6.45, 7) is 0.227. The van der Waals surface area contributed by atoms with Crippen LogP contribution < -0.4 is 4.72 Å². The Morgan fingerprint density at radius 2 is 1.96 bits per heavy atom. The fourth-order valence-corrected chi connectivity index (χ4v) is 3.80. The van der Waals surface area contributed by atoms with E-state index in [2.05, 4.69) is 20.3 Å². The van der Waals surface area contributed by atoms with E-state index in [0.29, 0.717) is 11.6 Å². The molecule has 28 heavy (non-hydrogen) atoms. The van der Waals surface area contributed by atoms with Crippen LogP contribution in [0.1, 0.15) is 30.0 Å². The minimum absolute atomic E-state index is 0.227. The highest BCUT2D eigenvalue weighted by Gasteiger charge is 2.29. The Morgan fingerprint density at radius 3 is 2.71 bits per heavy atom. The molecule has 1 aliphatic carbocycles. The largest absolute Gasteiger partial charge is 0.306 e. The van der Waals surface area contributed by atoms with Crippen LogP contribution in [0.4, 0.5) is 0 Å². The number of rotatable bonds is 5. The maximum atomic E-state index is 10.8. The van der Waals surface area contributed by atoms with E-state index in [4.69, 9.17) is 4.98 Å². The fourth-order valence-electron chi connectivity index (χ4n) is 3.49. The summed E-state index contributed by atoms with van der Waals surface area (Å²) < 4.78 is 28.2. The first-order chi connectivity index (χ1) is 13.6. The number of thiol groups is 1. The molecule has 1 N–H and O–H groups in total. The van der Waals surface area contributed by atoms with Crippen molar-refractivity contribution in [3.8, 4) is 12.0 Å². The van der Waals surface area contributed by atoms with Crippen LogP contribution in [0, 0.1) is 11.3 Å². The van der Waals surface area contributed by atoms with Crippen molar-refractivity contribution in [2.24, 2.45) is 0 Å². The van der Waals surface area contributed by atoms with Crippen LogP contribution in [0.5, 0.6) is 0 Å². The van der Waals surface area contributed by atoms with E-state index in [1.54, 1.807) is 12.4 Å². The first-order valence-corrected chi connectivity index (χ1v) is 10.1. The molecule has 0 saturated heterocycles. The molecule has 2 aromatic heterocycles. The van der Waals surface area contributed by atoms with E-state index in [9.17, 15) is 13.7 Å². The maximum absolute atomic E-state index is 10.8. The molecule has 0 aliphatic heterocycles. The molecule has 4 aromatic rings. The summed E-state index contributed by atoms with van der Waals surface area (Å²) in [6, 6.07) is 13.7. The summed E-state index contributed by atoms with van der Waals surface area (Å²) in [5, 5.41) is 9.25. The second kappa shape index (κ2) is 6.44. The summed E-state index contributed by atoms with van der Waals surface area (Å²) in [5.74, 6) is 0.759. The zero-order valence-electron chi connectivity index (χ0n) is 14.7. The van der Waals surface area contributed by atoms with Crippen LogP contribution in [0.2, 0.25) is 0 Å². The number of benzene rings is 2. The third kappa shape index (κ3) is 2.83. The smallest absolute Gasteiger partial charge is 0.216 e. The molecule has 5 rings (SSSR count). The van der Waals surface area contributed by atoms with Crippen molar-refractivity contribution in [3.05, 3.63) is 53.9 Å². The number of nitriles is 1. The number of hydrogen-bond acceptors (Lipinski definition) is 5. The van der Waals surface area contributed by atoms with Gasteiger partial charge >= 0.3 is 0 Å². The van der Waals surface area contributed by atoms with Gasteiger partial charge in [-0.2, -0.15) is 5.26 Å². The van der Waals surface area contributed by atoms with Gasteiger partial charge in [0.2, 0.25) is 16.8 Å². The van der Waals surface area contributed by atoms with Gasteiger partial charge in [0.1, 0.15) is 6.33 Å². The Labute approximate surface area is 162 Å². The van der Waals surface area contributed by atoms with Crippen LogP contribution >= 0.6 is 0 Å². The van der Waals surface area contributed by atoms with Gasteiger partial charge in [0.05, 0.1) is 33.7 Å². The highest BCUT2D eigenvalue weighted by Crippen LogP contribution is 2.40. The van der Waals surface area contributed by atoms with Gasteiger partial charge in [0, 0.05) is 12.6 Å². The lowest BCUT2D eigenvalue weighted by atomic mass is 10.2. The van der Waals surface area contributed by atoms with E-state index in [1.807, 2.05) is 34.9 Å². The second-order valence-electron chi connectivity index (χ2n) is 6.86. The monoisotopic (exact) mass is 392 g/mol. The minimum Gasteiger partial charge on any atom is -0.306 e. The topological polar surface area (TPSA) is 106 Å². The Balaban J connectivity index is 1.69. The van der Waals surface area contributed by atoms with E-state index >= 15 is 0 Å². The predicted octanol–water partition coefficient (Wildman–Crippen LogP) is 2.20. The second-order valence-corrected chi connectivity index (χ2v) is 7.69. The molecule has 0 radical (unpaired) electrons. The lowest BCUT2D eigenvalue weighted by Crippen LogP contribution is -2.10. The van der Waals surface area contributed by atoms with Gasteiger partial charge in [0.25, 0.3) is 0 Å². The van der Waals surface area contributed by atoms with Crippen molar-refractivity contribution in [2.75, 3.05) is 0 Å². The van der Waals surface area contributed by atoms with Crippen molar-refractivity contribution in [1.82, 2.24) is 23.8 Å². The highest BCUT2D eigenvalue weighted by molar-refractivity contribution is 7.70. The molecular formula is C19H16N6O2S. The van der Waals surface area contributed by atoms with Gasteiger partial charge in [0.15, 0.2) is 0 Å². The van der Waals surface area contributed by atoms with E-state index < -0.39 is 10.9 Å². The number of hydrogen-bond donors (Lipinski definition) is 2. The van der Waals surface area contributed by atoms with Gasteiger partial charge in [-0.05, 0) is 48.7 Å². The van der Waals surface area contributed by atoms with Crippen molar-refractivity contribution in [2.45, 2.75) is 25.4 Å². The van der Waals surface area contributed by atoms with Crippen molar-refractivity contribution in [3.63, 3.8) is 0 Å².